The number of benzene rings is 1. The molecule has 1 aromatic carbocycles. The van der Waals surface area contributed by atoms with E-state index in [9.17, 15) is 9.59 Å². The molecule has 5 rings (SSSR count). The lowest BCUT2D eigenvalue weighted by molar-refractivity contribution is -0.113. The number of thioether (sulfide) groups is 1. The van der Waals surface area contributed by atoms with Crippen molar-refractivity contribution < 1.29 is 9.21 Å². The van der Waals surface area contributed by atoms with Crippen LogP contribution in [0.2, 0.25) is 0 Å². The van der Waals surface area contributed by atoms with Crippen LogP contribution in [0.4, 0.5) is 11.8 Å². The summed E-state index contributed by atoms with van der Waals surface area (Å²) in [7, 11) is 0. The van der Waals surface area contributed by atoms with Crippen LogP contribution in [0.5, 0.6) is 0 Å². The number of hydrogen-bond acceptors (Lipinski definition) is 8. The molecular formula is C23H25N7O3S. The van der Waals surface area contributed by atoms with E-state index in [2.05, 4.69) is 30.6 Å². The van der Waals surface area contributed by atoms with E-state index in [1.54, 1.807) is 13.8 Å². The Labute approximate surface area is 199 Å². The molecule has 1 aliphatic rings. The van der Waals surface area contributed by atoms with Gasteiger partial charge in [-0.05, 0) is 45.2 Å². The first kappa shape index (κ1) is 22.2. The predicted octanol–water partition coefficient (Wildman–Crippen LogP) is 3.43. The van der Waals surface area contributed by atoms with E-state index in [4.69, 9.17) is 4.42 Å². The van der Waals surface area contributed by atoms with Crippen molar-refractivity contribution in [1.82, 2.24) is 25.0 Å². The molecule has 0 unspecified atom stereocenters. The second-order valence-corrected chi connectivity index (χ2v) is 9.16. The zero-order valence-electron chi connectivity index (χ0n) is 19.0. The fourth-order valence-corrected chi connectivity index (χ4v) is 5.03. The highest BCUT2D eigenvalue weighted by Crippen LogP contribution is 2.30. The molecule has 1 saturated heterocycles. The Bertz CT molecular complexity index is 1390. The average molecular weight is 480 g/mol. The van der Waals surface area contributed by atoms with Gasteiger partial charge in [0.25, 0.3) is 5.56 Å². The molecule has 0 spiro atoms. The average Bonchev–Trinajstić information content (AvgIpc) is 3.43. The number of nitrogens with one attached hydrogen (secondary N) is 2. The van der Waals surface area contributed by atoms with E-state index in [0.29, 0.717) is 27.4 Å². The zero-order valence-corrected chi connectivity index (χ0v) is 19.8. The van der Waals surface area contributed by atoms with Gasteiger partial charge in [-0.2, -0.15) is 5.10 Å². The largest absolute Gasteiger partial charge is 0.444 e. The van der Waals surface area contributed by atoms with Crippen molar-refractivity contribution in [2.45, 2.75) is 38.3 Å². The second kappa shape index (κ2) is 9.34. The van der Waals surface area contributed by atoms with Crippen LogP contribution in [-0.2, 0) is 4.79 Å². The fourth-order valence-electron chi connectivity index (χ4n) is 4.28. The number of piperidine rings is 1. The van der Waals surface area contributed by atoms with Gasteiger partial charge in [0.2, 0.25) is 17.7 Å². The number of anilines is 2. The van der Waals surface area contributed by atoms with Gasteiger partial charge >= 0.3 is 0 Å². The summed E-state index contributed by atoms with van der Waals surface area (Å²) >= 11 is 1.28. The third-order valence-electron chi connectivity index (χ3n) is 5.85. The number of aromatic nitrogens is 5. The van der Waals surface area contributed by atoms with Gasteiger partial charge in [0, 0.05) is 13.1 Å². The number of hydrogen-bond donors (Lipinski definition) is 2. The fraction of sp³-hybridized carbons (Fsp3) is 0.348. The number of amides is 1. The molecule has 4 aromatic rings. The highest BCUT2D eigenvalue weighted by molar-refractivity contribution is 7.99. The SMILES string of the molecule is Cc1n[nH]c(=O)c2c(NC(=O)CSc3nnc(N4CCCCC4)n3-c3ccccc3)oc(C)c12. The van der Waals surface area contributed by atoms with Crippen LogP contribution < -0.4 is 15.8 Å². The molecule has 0 aliphatic carbocycles. The number of carbonyl (C=O) groups is 1. The van der Waals surface area contributed by atoms with Gasteiger partial charge in [-0.1, -0.05) is 30.0 Å². The van der Waals surface area contributed by atoms with Gasteiger partial charge in [-0.25, -0.2) is 5.10 Å². The van der Waals surface area contributed by atoms with Gasteiger partial charge in [0.1, 0.15) is 11.1 Å². The summed E-state index contributed by atoms with van der Waals surface area (Å²) in [5, 5.41) is 19.5. The molecule has 3 aromatic heterocycles. The van der Waals surface area contributed by atoms with Gasteiger partial charge in [0.15, 0.2) is 5.16 Å². The second-order valence-electron chi connectivity index (χ2n) is 8.21. The first-order valence-corrected chi connectivity index (χ1v) is 12.2. The van der Waals surface area contributed by atoms with E-state index >= 15 is 0 Å². The summed E-state index contributed by atoms with van der Waals surface area (Å²) < 4.78 is 7.68. The van der Waals surface area contributed by atoms with Gasteiger partial charge in [-0.15, -0.1) is 10.2 Å². The van der Waals surface area contributed by atoms with Crippen molar-refractivity contribution in [3.05, 3.63) is 52.1 Å². The van der Waals surface area contributed by atoms with Crippen LogP contribution in [0.25, 0.3) is 16.5 Å². The highest BCUT2D eigenvalue weighted by atomic mass is 32.2. The van der Waals surface area contributed by atoms with Crippen LogP contribution in [0.3, 0.4) is 0 Å². The molecule has 4 heterocycles. The Morgan fingerprint density at radius 1 is 1.12 bits per heavy atom. The summed E-state index contributed by atoms with van der Waals surface area (Å²) in [4.78, 5) is 27.4. The van der Waals surface area contributed by atoms with Crippen molar-refractivity contribution in [3.8, 4) is 5.69 Å². The minimum Gasteiger partial charge on any atom is -0.444 e. The van der Waals surface area contributed by atoms with Crippen LogP contribution in [0.1, 0.15) is 30.7 Å². The van der Waals surface area contributed by atoms with E-state index in [1.165, 1.54) is 18.2 Å². The third kappa shape index (κ3) is 4.18. The Morgan fingerprint density at radius 3 is 2.65 bits per heavy atom. The van der Waals surface area contributed by atoms with E-state index < -0.39 is 5.56 Å². The summed E-state index contributed by atoms with van der Waals surface area (Å²) in [5.74, 6) is 1.22. The molecule has 0 saturated carbocycles. The molecule has 34 heavy (non-hydrogen) atoms. The molecule has 1 amide bonds. The van der Waals surface area contributed by atoms with Gasteiger partial charge in [0.05, 0.1) is 22.5 Å². The molecular weight excluding hydrogens is 454 g/mol. The molecule has 0 atom stereocenters. The van der Waals surface area contributed by atoms with Gasteiger partial charge < -0.3 is 9.32 Å². The van der Waals surface area contributed by atoms with E-state index in [-0.39, 0.29) is 17.5 Å². The van der Waals surface area contributed by atoms with E-state index in [0.717, 1.165) is 37.6 Å². The standard InChI is InChI=1S/C23H25N7O3S/c1-14-18-15(2)33-21(19(18)20(32)26-25-14)24-17(31)13-34-23-28-27-22(29-11-7-4-8-12-29)30(23)16-9-5-3-6-10-16/h3,5-6,9-10H,4,7-8,11-13H2,1-2H3,(H,24,31)(H,26,32). The molecule has 10 nitrogen and oxygen atoms in total. The Kier molecular flexibility index (Phi) is 6.10. The lowest BCUT2D eigenvalue weighted by Gasteiger charge is -2.27. The summed E-state index contributed by atoms with van der Waals surface area (Å²) in [6.45, 7) is 5.39. The van der Waals surface area contributed by atoms with Crippen LogP contribution >= 0.6 is 11.8 Å². The summed E-state index contributed by atoms with van der Waals surface area (Å²) in [6.07, 6.45) is 3.46. The number of carbonyl (C=O) groups excluding carboxylic acids is 1. The quantitative estimate of drug-likeness (QED) is 0.403. The molecule has 11 heteroatoms. The van der Waals surface area contributed by atoms with Crippen molar-refractivity contribution in [1.29, 1.82) is 0 Å². The molecule has 0 bridgehead atoms. The van der Waals surface area contributed by atoms with Crippen molar-refractivity contribution >= 4 is 40.3 Å². The molecule has 176 valence electrons. The normalized spacial score (nSPS) is 14.0. The number of fused-ring (bicyclic) bond motifs is 1. The topological polar surface area (TPSA) is 122 Å². The summed E-state index contributed by atoms with van der Waals surface area (Å²) in [6, 6.07) is 9.90. The number of nitrogens with zero attached hydrogens (tertiary/aromatic N) is 5. The van der Waals surface area contributed by atoms with Crippen molar-refractivity contribution in [2.24, 2.45) is 0 Å². The first-order valence-electron chi connectivity index (χ1n) is 11.2. The Hall–Kier alpha value is -3.60. The summed E-state index contributed by atoms with van der Waals surface area (Å²) in [5.41, 5.74) is 1.17. The Morgan fingerprint density at radius 2 is 1.88 bits per heavy atom. The zero-order chi connectivity index (χ0) is 23.7. The van der Waals surface area contributed by atoms with Crippen molar-refractivity contribution in [3.63, 3.8) is 0 Å². The minimum absolute atomic E-state index is 0.0776. The van der Waals surface area contributed by atoms with Crippen LogP contribution in [0.15, 0.2) is 44.7 Å². The Balaban J connectivity index is 1.38. The third-order valence-corrected chi connectivity index (χ3v) is 6.78. The maximum Gasteiger partial charge on any atom is 0.277 e. The molecule has 0 radical (unpaired) electrons. The minimum atomic E-state index is -0.407. The molecule has 1 aliphatic heterocycles. The molecule has 1 fully saturated rings. The smallest absolute Gasteiger partial charge is 0.277 e. The maximum absolute atomic E-state index is 12.8. The molecule has 2 N–H and O–H groups in total. The van der Waals surface area contributed by atoms with Crippen molar-refractivity contribution in [2.75, 3.05) is 29.1 Å². The lowest BCUT2D eigenvalue weighted by Crippen LogP contribution is -2.31. The number of para-hydroxylation sites is 1. The highest BCUT2D eigenvalue weighted by Gasteiger charge is 2.23. The van der Waals surface area contributed by atoms with Crippen LogP contribution in [0, 0.1) is 13.8 Å². The lowest BCUT2D eigenvalue weighted by atomic mass is 10.1. The van der Waals surface area contributed by atoms with Gasteiger partial charge in [-0.3, -0.25) is 19.5 Å². The predicted molar refractivity (Wildman–Crippen MR) is 131 cm³/mol. The number of aryl methyl sites for hydroxylation is 2. The van der Waals surface area contributed by atoms with E-state index in [1.807, 2.05) is 34.9 Å². The maximum atomic E-state index is 12.8. The monoisotopic (exact) mass is 479 g/mol. The number of aromatic amines is 1. The van der Waals surface area contributed by atoms with Crippen LogP contribution in [-0.4, -0.2) is 49.7 Å². The number of rotatable bonds is 6. The first-order chi connectivity index (χ1) is 16.5. The number of H-pyrrole nitrogens is 1. The number of furan rings is 1.